The summed E-state index contributed by atoms with van der Waals surface area (Å²) in [6, 6.07) is 16.7. The quantitative estimate of drug-likeness (QED) is 0.112. The zero-order valence-corrected chi connectivity index (χ0v) is 32.2. The summed E-state index contributed by atoms with van der Waals surface area (Å²) in [6.07, 6.45) is 11.9. The number of hydrogen-bond donors (Lipinski definition) is 2. The SMILES string of the molecule is CCOc1cc(O[C@H]2CCc3c(-c4cccc(OCCCCCCCCCC(C)(C)N)c4C)cccc32)c(Cl)cc1CN1CC(CC)(C(=O)O)C1. The fraction of sp³-hybridized carbons (Fsp3) is 0.558. The zero-order valence-electron chi connectivity index (χ0n) is 31.5. The molecule has 3 N–H and O–H groups in total. The van der Waals surface area contributed by atoms with Crippen LogP contribution in [0.2, 0.25) is 5.02 Å². The van der Waals surface area contributed by atoms with E-state index in [-0.39, 0.29) is 11.6 Å². The monoisotopic (exact) mass is 718 g/mol. The average molecular weight is 719 g/mol. The van der Waals surface area contributed by atoms with E-state index in [1.807, 2.05) is 26.0 Å². The summed E-state index contributed by atoms with van der Waals surface area (Å²) in [5.74, 6) is 1.56. The van der Waals surface area contributed by atoms with Gasteiger partial charge in [-0.2, -0.15) is 0 Å². The number of halogens is 1. The van der Waals surface area contributed by atoms with E-state index in [1.165, 1.54) is 66.3 Å². The Hall–Kier alpha value is -3.26. The number of rotatable bonds is 20. The number of unbranched alkanes of at least 4 members (excludes halogenated alkanes) is 6. The highest BCUT2D eigenvalue weighted by molar-refractivity contribution is 6.32. The Morgan fingerprint density at radius 1 is 0.941 bits per heavy atom. The molecule has 0 bridgehead atoms. The molecule has 1 saturated heterocycles. The van der Waals surface area contributed by atoms with Gasteiger partial charge < -0.3 is 25.1 Å². The molecule has 1 atom stereocenters. The van der Waals surface area contributed by atoms with E-state index in [9.17, 15) is 9.90 Å². The Morgan fingerprint density at radius 2 is 1.63 bits per heavy atom. The third kappa shape index (κ3) is 9.79. The van der Waals surface area contributed by atoms with Crippen LogP contribution in [0.3, 0.4) is 0 Å². The average Bonchev–Trinajstić information content (AvgIpc) is 3.48. The van der Waals surface area contributed by atoms with Crippen LogP contribution in [0.4, 0.5) is 0 Å². The van der Waals surface area contributed by atoms with E-state index in [0.29, 0.717) is 43.4 Å². The first kappa shape index (κ1) is 39.0. The van der Waals surface area contributed by atoms with Gasteiger partial charge in [-0.25, -0.2) is 0 Å². The van der Waals surface area contributed by atoms with Gasteiger partial charge in [-0.1, -0.05) is 87.4 Å². The zero-order chi connectivity index (χ0) is 36.6. The summed E-state index contributed by atoms with van der Waals surface area (Å²) < 4.78 is 19.0. The highest BCUT2D eigenvalue weighted by Crippen LogP contribution is 2.45. The molecule has 0 saturated carbocycles. The second-order valence-corrected chi connectivity index (χ2v) is 15.8. The highest BCUT2D eigenvalue weighted by atomic mass is 35.5. The van der Waals surface area contributed by atoms with Gasteiger partial charge in [0, 0.05) is 36.8 Å². The van der Waals surface area contributed by atoms with Crippen LogP contribution in [0.25, 0.3) is 11.1 Å². The Kier molecular flexibility index (Phi) is 13.4. The number of nitrogens with zero attached hydrogens (tertiary/aromatic N) is 1. The summed E-state index contributed by atoms with van der Waals surface area (Å²) >= 11 is 6.85. The lowest BCUT2D eigenvalue weighted by Gasteiger charge is -2.47. The third-order valence-electron chi connectivity index (χ3n) is 10.8. The van der Waals surface area contributed by atoms with Gasteiger partial charge in [0.15, 0.2) is 0 Å². The first-order valence-corrected chi connectivity index (χ1v) is 19.5. The molecular formula is C43H59ClN2O5. The summed E-state index contributed by atoms with van der Waals surface area (Å²) in [5.41, 5.74) is 12.4. The molecule has 1 aliphatic carbocycles. The molecule has 1 aliphatic heterocycles. The predicted molar refractivity (Wildman–Crippen MR) is 207 cm³/mol. The van der Waals surface area contributed by atoms with Crippen molar-refractivity contribution >= 4 is 17.6 Å². The predicted octanol–water partition coefficient (Wildman–Crippen LogP) is 10.3. The Labute approximate surface area is 310 Å². The molecule has 51 heavy (non-hydrogen) atoms. The molecular weight excluding hydrogens is 660 g/mol. The number of benzene rings is 3. The molecule has 5 rings (SSSR count). The number of nitrogens with two attached hydrogens (primary N) is 1. The van der Waals surface area contributed by atoms with E-state index in [2.05, 4.69) is 62.1 Å². The molecule has 2 aliphatic rings. The molecule has 278 valence electrons. The maximum absolute atomic E-state index is 11.8. The van der Waals surface area contributed by atoms with E-state index in [0.717, 1.165) is 49.4 Å². The number of carboxylic acid groups (broad SMARTS) is 1. The fourth-order valence-electron chi connectivity index (χ4n) is 7.71. The minimum atomic E-state index is -0.726. The molecule has 3 aromatic rings. The molecule has 0 spiro atoms. The molecule has 0 radical (unpaired) electrons. The van der Waals surface area contributed by atoms with E-state index >= 15 is 0 Å². The standard InChI is InChI=1S/C43H59ClN2O5/c1-6-43(41(47)48)28-46(29-43)27-31-25-36(44)40(26-39(31)49-7-2)51-38-22-21-34-33(18-15-19-35(34)38)32-17-16-20-37(30(32)3)50-24-14-12-10-8-9-11-13-23-42(4,5)45/h15-20,25-26,38H,6-14,21-24,27-29,45H2,1-5H3,(H,47,48)/t38-/m0/s1. The molecule has 0 aromatic heterocycles. The van der Waals surface area contributed by atoms with Gasteiger partial charge >= 0.3 is 5.97 Å². The normalized spacial score (nSPS) is 16.8. The summed E-state index contributed by atoms with van der Waals surface area (Å²) in [6.45, 7) is 13.1. The van der Waals surface area contributed by atoms with Crippen molar-refractivity contribution in [1.29, 1.82) is 0 Å². The van der Waals surface area contributed by atoms with Gasteiger partial charge in [0.25, 0.3) is 0 Å². The van der Waals surface area contributed by atoms with Crippen LogP contribution in [0.5, 0.6) is 17.2 Å². The fourth-order valence-corrected chi connectivity index (χ4v) is 7.94. The number of ether oxygens (including phenoxy) is 3. The van der Waals surface area contributed by atoms with Crippen molar-refractivity contribution in [3.8, 4) is 28.4 Å². The second kappa shape index (κ2) is 17.5. The Bertz CT molecular complexity index is 1630. The lowest BCUT2D eigenvalue weighted by atomic mass is 9.77. The van der Waals surface area contributed by atoms with Crippen LogP contribution in [0, 0.1) is 12.3 Å². The maximum atomic E-state index is 11.8. The van der Waals surface area contributed by atoms with Crippen LogP contribution < -0.4 is 19.9 Å². The van der Waals surface area contributed by atoms with E-state index in [1.54, 1.807) is 0 Å². The number of carbonyl (C=O) groups is 1. The molecule has 7 nitrogen and oxygen atoms in total. The summed E-state index contributed by atoms with van der Waals surface area (Å²) in [4.78, 5) is 13.9. The number of likely N-dealkylation sites (tertiary alicyclic amines) is 1. The van der Waals surface area contributed by atoms with Crippen LogP contribution >= 0.6 is 11.6 Å². The molecule has 1 fully saturated rings. The van der Waals surface area contributed by atoms with Gasteiger partial charge in [-0.15, -0.1) is 0 Å². The second-order valence-electron chi connectivity index (χ2n) is 15.4. The molecule has 3 aromatic carbocycles. The van der Waals surface area contributed by atoms with Gasteiger partial charge in [0.2, 0.25) is 0 Å². The Morgan fingerprint density at radius 3 is 2.31 bits per heavy atom. The topological polar surface area (TPSA) is 94.3 Å². The van der Waals surface area contributed by atoms with Crippen molar-refractivity contribution in [2.45, 2.75) is 123 Å². The lowest BCUT2D eigenvalue weighted by Crippen LogP contribution is -2.59. The number of hydrogen-bond acceptors (Lipinski definition) is 6. The number of fused-ring (bicyclic) bond motifs is 1. The molecule has 0 unspecified atom stereocenters. The van der Waals surface area contributed by atoms with E-state index in [4.69, 9.17) is 31.5 Å². The van der Waals surface area contributed by atoms with Crippen molar-refractivity contribution in [2.24, 2.45) is 11.1 Å². The van der Waals surface area contributed by atoms with Crippen molar-refractivity contribution in [3.05, 3.63) is 75.8 Å². The molecule has 1 heterocycles. The maximum Gasteiger partial charge on any atom is 0.312 e. The van der Waals surface area contributed by atoms with Crippen molar-refractivity contribution in [3.63, 3.8) is 0 Å². The minimum Gasteiger partial charge on any atom is -0.493 e. The smallest absolute Gasteiger partial charge is 0.312 e. The highest BCUT2D eigenvalue weighted by Gasteiger charge is 2.48. The third-order valence-corrected chi connectivity index (χ3v) is 11.1. The number of aliphatic carboxylic acids is 1. The van der Waals surface area contributed by atoms with Crippen LogP contribution in [-0.4, -0.2) is 47.8 Å². The summed E-state index contributed by atoms with van der Waals surface area (Å²) in [5, 5.41) is 10.2. The van der Waals surface area contributed by atoms with Crippen molar-refractivity contribution < 1.29 is 24.1 Å². The first-order valence-electron chi connectivity index (χ1n) is 19.2. The van der Waals surface area contributed by atoms with Crippen molar-refractivity contribution in [1.82, 2.24) is 4.90 Å². The van der Waals surface area contributed by atoms with Crippen molar-refractivity contribution in [2.75, 3.05) is 26.3 Å². The van der Waals surface area contributed by atoms with E-state index < -0.39 is 11.4 Å². The molecule has 8 heteroatoms. The van der Waals surface area contributed by atoms with Gasteiger partial charge in [-0.05, 0) is 99.7 Å². The molecule has 0 amide bonds. The van der Waals surface area contributed by atoms with Gasteiger partial charge in [-0.3, -0.25) is 9.69 Å². The van der Waals surface area contributed by atoms with Crippen LogP contribution in [0.1, 0.15) is 120 Å². The Balaban J connectivity index is 1.19. The lowest BCUT2D eigenvalue weighted by molar-refractivity contribution is -0.161. The van der Waals surface area contributed by atoms with Crippen LogP contribution in [-0.2, 0) is 17.8 Å². The van der Waals surface area contributed by atoms with Gasteiger partial charge in [0.05, 0.1) is 23.7 Å². The minimum absolute atomic E-state index is 0.0476. The van der Waals surface area contributed by atoms with Gasteiger partial charge in [0.1, 0.15) is 23.4 Å². The number of carboxylic acids is 1. The van der Waals surface area contributed by atoms with Crippen LogP contribution in [0.15, 0.2) is 48.5 Å². The first-order chi connectivity index (χ1) is 24.4. The summed E-state index contributed by atoms with van der Waals surface area (Å²) in [7, 11) is 0. The largest absolute Gasteiger partial charge is 0.493 e.